The van der Waals surface area contributed by atoms with Gasteiger partial charge < -0.3 is 4.74 Å². The molecule has 1 atom stereocenters. The van der Waals surface area contributed by atoms with Crippen LogP contribution in [0.4, 0.5) is 4.39 Å². The number of benzene rings is 1. The van der Waals surface area contributed by atoms with Crippen LogP contribution in [0.25, 0.3) is 0 Å². The molecule has 0 amide bonds. The Kier molecular flexibility index (Phi) is 4.44. The van der Waals surface area contributed by atoms with E-state index in [4.69, 9.17) is 4.74 Å². The first kappa shape index (κ1) is 11.0. The van der Waals surface area contributed by atoms with Gasteiger partial charge in [0.2, 0.25) is 0 Å². The highest BCUT2D eigenvalue weighted by Crippen LogP contribution is 2.16. The molecular weight excluding hydrogens is 179 g/mol. The highest BCUT2D eigenvalue weighted by Gasteiger charge is 2.06. The molecule has 0 fully saturated rings. The first-order valence-corrected chi connectivity index (χ1v) is 5.18. The Bertz CT molecular complexity index is 256. The van der Waals surface area contributed by atoms with E-state index in [-0.39, 0.29) is 11.9 Å². The van der Waals surface area contributed by atoms with Gasteiger partial charge >= 0.3 is 0 Å². The lowest BCUT2D eigenvalue weighted by atomic mass is 10.1. The third-order valence-corrected chi connectivity index (χ3v) is 2.18. The summed E-state index contributed by atoms with van der Waals surface area (Å²) in [4.78, 5) is 0. The standard InChI is InChI=1S/C12H17FO/c1-3-5-11(4-2)14-12-8-6-10(13)7-9-12/h6-9,11H,3-5H2,1-2H3. The number of hydrogen-bond donors (Lipinski definition) is 0. The summed E-state index contributed by atoms with van der Waals surface area (Å²) in [6.07, 6.45) is 3.41. The molecule has 0 aliphatic heterocycles. The van der Waals surface area contributed by atoms with Crippen molar-refractivity contribution in [1.82, 2.24) is 0 Å². The maximum absolute atomic E-state index is 12.6. The highest BCUT2D eigenvalue weighted by molar-refractivity contribution is 5.22. The van der Waals surface area contributed by atoms with Gasteiger partial charge in [-0.05, 0) is 37.1 Å². The van der Waals surface area contributed by atoms with E-state index in [1.54, 1.807) is 12.1 Å². The van der Waals surface area contributed by atoms with Gasteiger partial charge in [-0.15, -0.1) is 0 Å². The molecule has 1 aromatic rings. The third kappa shape index (κ3) is 3.36. The summed E-state index contributed by atoms with van der Waals surface area (Å²) in [6, 6.07) is 6.20. The highest BCUT2D eigenvalue weighted by atomic mass is 19.1. The Morgan fingerprint density at radius 3 is 2.36 bits per heavy atom. The second-order valence-electron chi connectivity index (χ2n) is 3.39. The molecule has 2 heteroatoms. The summed E-state index contributed by atoms with van der Waals surface area (Å²) in [7, 11) is 0. The summed E-state index contributed by atoms with van der Waals surface area (Å²) in [5, 5.41) is 0. The van der Waals surface area contributed by atoms with Crippen LogP contribution < -0.4 is 4.74 Å². The number of rotatable bonds is 5. The first-order valence-electron chi connectivity index (χ1n) is 5.18. The van der Waals surface area contributed by atoms with Gasteiger partial charge in [-0.2, -0.15) is 0 Å². The number of halogens is 1. The number of ether oxygens (including phenoxy) is 1. The van der Waals surface area contributed by atoms with E-state index in [1.807, 2.05) is 0 Å². The molecule has 14 heavy (non-hydrogen) atoms. The molecule has 0 aliphatic rings. The first-order chi connectivity index (χ1) is 6.76. The predicted molar refractivity (Wildman–Crippen MR) is 56.0 cm³/mol. The minimum atomic E-state index is -0.221. The van der Waals surface area contributed by atoms with E-state index in [0.29, 0.717) is 0 Å². The molecule has 1 rings (SSSR count). The van der Waals surface area contributed by atoms with Crippen molar-refractivity contribution >= 4 is 0 Å². The second-order valence-corrected chi connectivity index (χ2v) is 3.39. The average Bonchev–Trinajstić information content (AvgIpc) is 2.20. The van der Waals surface area contributed by atoms with Crippen LogP contribution in [0.15, 0.2) is 24.3 Å². The van der Waals surface area contributed by atoms with Crippen molar-refractivity contribution in [2.75, 3.05) is 0 Å². The quantitative estimate of drug-likeness (QED) is 0.696. The molecule has 0 aliphatic carbocycles. The molecule has 1 aromatic carbocycles. The second kappa shape index (κ2) is 5.63. The Morgan fingerprint density at radius 2 is 1.86 bits per heavy atom. The fraction of sp³-hybridized carbons (Fsp3) is 0.500. The van der Waals surface area contributed by atoms with E-state index in [0.717, 1.165) is 25.0 Å². The SMILES string of the molecule is CCCC(CC)Oc1ccc(F)cc1. The zero-order valence-corrected chi connectivity index (χ0v) is 8.79. The van der Waals surface area contributed by atoms with Crippen LogP contribution in [0.1, 0.15) is 33.1 Å². The molecule has 0 aromatic heterocycles. The molecule has 0 radical (unpaired) electrons. The maximum Gasteiger partial charge on any atom is 0.123 e. The molecule has 0 saturated carbocycles. The van der Waals surface area contributed by atoms with Gasteiger partial charge in [0, 0.05) is 0 Å². The largest absolute Gasteiger partial charge is 0.490 e. The van der Waals surface area contributed by atoms with Crippen molar-refractivity contribution in [3.8, 4) is 5.75 Å². The summed E-state index contributed by atoms with van der Waals surface area (Å²) in [5.74, 6) is 0.535. The number of hydrogen-bond acceptors (Lipinski definition) is 1. The minimum Gasteiger partial charge on any atom is -0.490 e. The van der Waals surface area contributed by atoms with E-state index in [1.165, 1.54) is 12.1 Å². The Hall–Kier alpha value is -1.05. The Morgan fingerprint density at radius 1 is 1.21 bits per heavy atom. The van der Waals surface area contributed by atoms with Crippen molar-refractivity contribution in [1.29, 1.82) is 0 Å². The van der Waals surface area contributed by atoms with Gasteiger partial charge in [-0.3, -0.25) is 0 Å². The summed E-state index contributed by atoms with van der Waals surface area (Å²) >= 11 is 0. The average molecular weight is 196 g/mol. The smallest absolute Gasteiger partial charge is 0.123 e. The molecule has 0 spiro atoms. The lowest BCUT2D eigenvalue weighted by Crippen LogP contribution is -2.14. The van der Waals surface area contributed by atoms with Crippen LogP contribution in [0.3, 0.4) is 0 Å². The lowest BCUT2D eigenvalue weighted by molar-refractivity contribution is 0.185. The van der Waals surface area contributed by atoms with Crippen molar-refractivity contribution in [2.24, 2.45) is 0 Å². The minimum absolute atomic E-state index is 0.221. The van der Waals surface area contributed by atoms with Gasteiger partial charge in [-0.25, -0.2) is 4.39 Å². The van der Waals surface area contributed by atoms with Gasteiger partial charge in [0.1, 0.15) is 11.6 Å². The lowest BCUT2D eigenvalue weighted by Gasteiger charge is -2.16. The molecule has 0 saturated heterocycles. The van der Waals surface area contributed by atoms with Crippen molar-refractivity contribution in [3.63, 3.8) is 0 Å². The molecule has 1 nitrogen and oxygen atoms in total. The van der Waals surface area contributed by atoms with E-state index in [2.05, 4.69) is 13.8 Å². The molecule has 78 valence electrons. The normalized spacial score (nSPS) is 12.5. The van der Waals surface area contributed by atoms with Gasteiger partial charge in [0.05, 0.1) is 6.10 Å². The maximum atomic E-state index is 12.6. The fourth-order valence-electron chi connectivity index (χ4n) is 1.37. The molecular formula is C12H17FO. The van der Waals surface area contributed by atoms with E-state index < -0.39 is 0 Å². The van der Waals surface area contributed by atoms with Gasteiger partial charge in [-0.1, -0.05) is 20.3 Å². The van der Waals surface area contributed by atoms with Crippen molar-refractivity contribution in [3.05, 3.63) is 30.1 Å². The molecule has 0 heterocycles. The van der Waals surface area contributed by atoms with Crippen molar-refractivity contribution < 1.29 is 9.13 Å². The van der Waals surface area contributed by atoms with Crippen LogP contribution in [-0.2, 0) is 0 Å². The molecule has 1 unspecified atom stereocenters. The predicted octanol–water partition coefficient (Wildman–Crippen LogP) is 3.78. The van der Waals surface area contributed by atoms with Crippen LogP contribution in [0.2, 0.25) is 0 Å². The Labute approximate surface area is 84.9 Å². The molecule has 0 N–H and O–H groups in total. The zero-order valence-electron chi connectivity index (χ0n) is 8.79. The fourth-order valence-corrected chi connectivity index (χ4v) is 1.37. The van der Waals surface area contributed by atoms with Crippen LogP contribution in [0, 0.1) is 5.82 Å². The summed E-state index contributed by atoms with van der Waals surface area (Å²) in [5.41, 5.74) is 0. The monoisotopic (exact) mass is 196 g/mol. The van der Waals surface area contributed by atoms with Gasteiger partial charge in [0.25, 0.3) is 0 Å². The molecule has 0 bridgehead atoms. The van der Waals surface area contributed by atoms with E-state index >= 15 is 0 Å². The Balaban J connectivity index is 2.53. The van der Waals surface area contributed by atoms with Crippen molar-refractivity contribution in [2.45, 2.75) is 39.2 Å². The van der Waals surface area contributed by atoms with Crippen LogP contribution in [-0.4, -0.2) is 6.10 Å². The van der Waals surface area contributed by atoms with Crippen LogP contribution in [0.5, 0.6) is 5.75 Å². The zero-order chi connectivity index (χ0) is 10.4. The topological polar surface area (TPSA) is 9.23 Å². The summed E-state index contributed by atoms with van der Waals surface area (Å²) < 4.78 is 18.3. The third-order valence-electron chi connectivity index (χ3n) is 2.18. The van der Waals surface area contributed by atoms with Gasteiger partial charge in [0.15, 0.2) is 0 Å². The van der Waals surface area contributed by atoms with Crippen LogP contribution >= 0.6 is 0 Å². The van der Waals surface area contributed by atoms with E-state index in [9.17, 15) is 4.39 Å². The summed E-state index contributed by atoms with van der Waals surface area (Å²) in [6.45, 7) is 4.24.